The summed E-state index contributed by atoms with van der Waals surface area (Å²) in [6.07, 6.45) is 6.45. The lowest BCUT2D eigenvalue weighted by atomic mass is 9.80. The maximum atomic E-state index is 6.51. The van der Waals surface area contributed by atoms with Crippen LogP contribution in [-0.4, -0.2) is 4.57 Å². The fourth-order valence-electron chi connectivity index (χ4n) is 11.2. The monoisotopic (exact) mass is 860 g/mol. The van der Waals surface area contributed by atoms with Crippen molar-refractivity contribution in [2.75, 3.05) is 4.90 Å². The summed E-state index contributed by atoms with van der Waals surface area (Å²) in [5, 5.41) is 7.47. The van der Waals surface area contributed by atoms with E-state index in [2.05, 4.69) is 228 Å². The van der Waals surface area contributed by atoms with Gasteiger partial charge in [0.1, 0.15) is 11.2 Å². The molecule has 67 heavy (non-hydrogen) atoms. The summed E-state index contributed by atoms with van der Waals surface area (Å²) in [7, 11) is 0. The SMILES string of the molecule is c1ccc(-n2c3ccccc3c3cc(-c4ccc(N(c5ccc(-c6cccc7c6oc6ccccc67)cc5)c5ccccc5-c5cccc6cccc(C7CCCCC7)c56)cc4)ccc32)cc1. The molecule has 3 nitrogen and oxygen atoms in total. The maximum Gasteiger partial charge on any atom is 0.143 e. The van der Waals surface area contributed by atoms with Crippen LogP contribution in [0.5, 0.6) is 0 Å². The molecule has 13 rings (SSSR count). The highest BCUT2D eigenvalue weighted by molar-refractivity contribution is 6.11. The van der Waals surface area contributed by atoms with E-state index in [0.717, 1.165) is 50.1 Å². The zero-order valence-corrected chi connectivity index (χ0v) is 37.3. The minimum atomic E-state index is 0.576. The zero-order chi connectivity index (χ0) is 44.3. The fourth-order valence-corrected chi connectivity index (χ4v) is 11.2. The first-order valence-electron chi connectivity index (χ1n) is 23.9. The van der Waals surface area contributed by atoms with Crippen LogP contribution >= 0.6 is 0 Å². The highest BCUT2D eigenvalue weighted by atomic mass is 16.3. The lowest BCUT2D eigenvalue weighted by Gasteiger charge is -2.29. The average molecular weight is 861 g/mol. The van der Waals surface area contributed by atoms with Gasteiger partial charge in [-0.2, -0.15) is 0 Å². The predicted octanol–water partition coefficient (Wildman–Crippen LogP) is 18.4. The van der Waals surface area contributed by atoms with E-state index in [1.807, 2.05) is 6.07 Å². The standard InChI is InChI=1S/C64H48N2O/c1-3-16-44(17-4-1)51-25-13-18-46-19-14-27-56(63(46)51)53-22-7-10-29-59(53)65(50-39-34-45(35-40-50)52-26-15-28-57-55-24-9-12-31-62(55)67-64(52)57)49-37-32-43(33-38-49)47-36-41-61-58(42-47)54-23-8-11-30-60(54)66(61)48-20-5-2-6-21-48/h2,5-15,18-42,44H,1,3-4,16-17H2. The van der Waals surface area contributed by atoms with Crippen LogP contribution in [-0.2, 0) is 0 Å². The van der Waals surface area contributed by atoms with Crippen LogP contribution in [0.2, 0.25) is 0 Å². The third-order valence-electron chi connectivity index (χ3n) is 14.4. The summed E-state index contributed by atoms with van der Waals surface area (Å²) in [6.45, 7) is 0. The van der Waals surface area contributed by atoms with Crippen molar-refractivity contribution in [3.63, 3.8) is 0 Å². The molecule has 1 aliphatic rings. The van der Waals surface area contributed by atoms with Crippen molar-refractivity contribution >= 4 is 71.6 Å². The molecule has 0 atom stereocenters. The Morgan fingerprint density at radius 1 is 0.418 bits per heavy atom. The minimum Gasteiger partial charge on any atom is -0.455 e. The molecular weight excluding hydrogens is 813 g/mol. The van der Waals surface area contributed by atoms with E-state index in [0.29, 0.717) is 5.92 Å². The number of anilines is 3. The molecule has 1 fully saturated rings. The average Bonchev–Trinajstić information content (AvgIpc) is 3.95. The Morgan fingerprint density at radius 3 is 1.85 bits per heavy atom. The number of para-hydroxylation sites is 5. The molecule has 0 saturated heterocycles. The van der Waals surface area contributed by atoms with E-state index in [4.69, 9.17) is 4.42 Å². The molecular formula is C64H48N2O. The quantitative estimate of drug-likeness (QED) is 0.152. The van der Waals surface area contributed by atoms with Gasteiger partial charge in [0.25, 0.3) is 0 Å². The zero-order valence-electron chi connectivity index (χ0n) is 37.3. The number of furan rings is 1. The summed E-state index contributed by atoms with van der Waals surface area (Å²) in [5.74, 6) is 0.576. The van der Waals surface area contributed by atoms with Crippen LogP contribution in [0.25, 0.3) is 93.6 Å². The summed E-state index contributed by atoms with van der Waals surface area (Å²) in [6, 6.07) is 82.2. The summed E-state index contributed by atoms with van der Waals surface area (Å²) in [5.41, 5.74) is 17.3. The summed E-state index contributed by atoms with van der Waals surface area (Å²) in [4.78, 5) is 2.45. The smallest absolute Gasteiger partial charge is 0.143 e. The second-order valence-corrected chi connectivity index (χ2v) is 18.2. The number of hydrogen-bond acceptors (Lipinski definition) is 2. The van der Waals surface area contributed by atoms with Crippen molar-refractivity contribution in [1.82, 2.24) is 4.57 Å². The molecule has 1 saturated carbocycles. The molecule has 0 amide bonds. The molecule has 10 aromatic carbocycles. The lowest BCUT2D eigenvalue weighted by Crippen LogP contribution is -2.11. The first-order valence-corrected chi connectivity index (χ1v) is 23.9. The van der Waals surface area contributed by atoms with Crippen molar-refractivity contribution in [3.05, 3.63) is 230 Å². The van der Waals surface area contributed by atoms with Crippen molar-refractivity contribution in [1.29, 1.82) is 0 Å². The Morgan fingerprint density at radius 2 is 1.03 bits per heavy atom. The highest BCUT2D eigenvalue weighted by Crippen LogP contribution is 2.47. The molecule has 0 aliphatic heterocycles. The fraction of sp³-hybridized carbons (Fsp3) is 0.0938. The first kappa shape index (κ1) is 39.2. The molecule has 0 radical (unpaired) electrons. The Kier molecular flexibility index (Phi) is 9.60. The number of nitrogens with zero attached hydrogens (tertiary/aromatic N) is 2. The van der Waals surface area contributed by atoms with E-state index in [-0.39, 0.29) is 0 Å². The Labute approximate surface area is 390 Å². The number of fused-ring (bicyclic) bond motifs is 7. The highest BCUT2D eigenvalue weighted by Gasteiger charge is 2.23. The third-order valence-corrected chi connectivity index (χ3v) is 14.4. The first-order chi connectivity index (χ1) is 33.2. The molecule has 320 valence electrons. The largest absolute Gasteiger partial charge is 0.455 e. The van der Waals surface area contributed by atoms with Gasteiger partial charge in [-0.3, -0.25) is 0 Å². The van der Waals surface area contributed by atoms with Crippen LogP contribution in [0.15, 0.2) is 229 Å². The molecule has 0 N–H and O–H groups in total. The van der Waals surface area contributed by atoms with Crippen molar-refractivity contribution < 1.29 is 4.42 Å². The Hall–Kier alpha value is -8.14. The van der Waals surface area contributed by atoms with E-state index in [1.54, 1.807) is 0 Å². The van der Waals surface area contributed by atoms with Gasteiger partial charge in [-0.05, 0) is 124 Å². The topological polar surface area (TPSA) is 21.3 Å². The van der Waals surface area contributed by atoms with Gasteiger partial charge in [-0.25, -0.2) is 0 Å². The number of rotatable bonds is 8. The second-order valence-electron chi connectivity index (χ2n) is 18.2. The van der Waals surface area contributed by atoms with Crippen molar-refractivity contribution in [2.45, 2.75) is 38.0 Å². The third kappa shape index (κ3) is 6.72. The van der Waals surface area contributed by atoms with Gasteiger partial charge in [0.05, 0.1) is 16.7 Å². The van der Waals surface area contributed by atoms with Crippen molar-refractivity contribution in [3.8, 4) is 39.1 Å². The van der Waals surface area contributed by atoms with Gasteiger partial charge in [-0.15, -0.1) is 0 Å². The molecule has 2 aromatic heterocycles. The molecule has 3 heteroatoms. The molecule has 12 aromatic rings. The van der Waals surface area contributed by atoms with Gasteiger partial charge >= 0.3 is 0 Å². The molecule has 2 heterocycles. The normalized spacial score (nSPS) is 13.3. The van der Waals surface area contributed by atoms with E-state index >= 15 is 0 Å². The molecule has 0 unspecified atom stereocenters. The van der Waals surface area contributed by atoms with E-state index < -0.39 is 0 Å². The predicted molar refractivity (Wildman–Crippen MR) is 282 cm³/mol. The van der Waals surface area contributed by atoms with Crippen LogP contribution in [0.4, 0.5) is 17.1 Å². The second kappa shape index (κ2) is 16.4. The van der Waals surface area contributed by atoms with Gasteiger partial charge in [0.2, 0.25) is 0 Å². The van der Waals surface area contributed by atoms with Gasteiger partial charge in [-0.1, -0.05) is 177 Å². The maximum absolute atomic E-state index is 6.51. The number of benzene rings is 10. The Balaban J connectivity index is 0.951. The molecule has 0 spiro atoms. The number of hydrogen-bond donors (Lipinski definition) is 0. The van der Waals surface area contributed by atoms with Gasteiger partial charge in [0.15, 0.2) is 0 Å². The van der Waals surface area contributed by atoms with Gasteiger partial charge in [0, 0.05) is 49.7 Å². The van der Waals surface area contributed by atoms with Crippen molar-refractivity contribution in [2.24, 2.45) is 0 Å². The van der Waals surface area contributed by atoms with Gasteiger partial charge < -0.3 is 13.9 Å². The summed E-state index contributed by atoms with van der Waals surface area (Å²) < 4.78 is 8.89. The van der Waals surface area contributed by atoms with Crippen LogP contribution in [0.1, 0.15) is 43.6 Å². The lowest BCUT2D eigenvalue weighted by molar-refractivity contribution is 0.445. The number of aromatic nitrogens is 1. The van der Waals surface area contributed by atoms with E-state index in [9.17, 15) is 0 Å². The minimum absolute atomic E-state index is 0.576. The molecule has 0 bridgehead atoms. The summed E-state index contributed by atoms with van der Waals surface area (Å²) >= 11 is 0. The van der Waals surface area contributed by atoms with Crippen LogP contribution in [0.3, 0.4) is 0 Å². The Bertz CT molecular complexity index is 3770. The van der Waals surface area contributed by atoms with Crippen LogP contribution < -0.4 is 4.90 Å². The molecule has 1 aliphatic carbocycles. The van der Waals surface area contributed by atoms with E-state index in [1.165, 1.54) is 98.2 Å². The van der Waals surface area contributed by atoms with Crippen LogP contribution in [0, 0.1) is 0 Å².